The third-order valence-electron chi connectivity index (χ3n) is 6.00. The van der Waals surface area contributed by atoms with Gasteiger partial charge in [0.15, 0.2) is 0 Å². The Morgan fingerprint density at radius 1 is 1.24 bits per heavy atom. The van der Waals surface area contributed by atoms with Crippen molar-refractivity contribution in [1.29, 1.82) is 0 Å². The molecule has 2 fully saturated rings. The van der Waals surface area contributed by atoms with Crippen LogP contribution in [0.5, 0.6) is 0 Å². The van der Waals surface area contributed by atoms with Gasteiger partial charge in [-0.15, -0.1) is 0 Å². The number of H-pyrrole nitrogens is 1. The van der Waals surface area contributed by atoms with Crippen molar-refractivity contribution in [3.8, 4) is 0 Å². The fourth-order valence-corrected chi connectivity index (χ4v) is 4.46. The number of aromatic amines is 1. The Hall–Kier alpha value is -2.14. The van der Waals surface area contributed by atoms with Crippen molar-refractivity contribution in [3.63, 3.8) is 0 Å². The van der Waals surface area contributed by atoms with Gasteiger partial charge in [-0.05, 0) is 44.3 Å². The normalized spacial score (nSPS) is 23.5. The van der Waals surface area contributed by atoms with E-state index in [0.29, 0.717) is 11.9 Å². The average molecular weight is 338 g/mol. The van der Waals surface area contributed by atoms with E-state index in [0.717, 1.165) is 51.1 Å². The molecule has 1 aromatic carbocycles. The van der Waals surface area contributed by atoms with Crippen LogP contribution in [0.4, 0.5) is 0 Å². The molecule has 5 heteroatoms. The van der Waals surface area contributed by atoms with Crippen LogP contribution in [0.3, 0.4) is 0 Å². The smallest absolute Gasteiger partial charge is 0.228 e. The van der Waals surface area contributed by atoms with Gasteiger partial charge in [0.25, 0.3) is 0 Å². The fraction of sp³-hybridized carbons (Fsp3) is 0.500. The van der Waals surface area contributed by atoms with E-state index in [2.05, 4.69) is 39.1 Å². The van der Waals surface area contributed by atoms with Gasteiger partial charge < -0.3 is 9.88 Å². The molecular formula is C20H26N4O. The number of amides is 1. The van der Waals surface area contributed by atoms with Crippen LogP contribution in [-0.4, -0.2) is 51.9 Å². The summed E-state index contributed by atoms with van der Waals surface area (Å²) >= 11 is 0. The molecule has 132 valence electrons. The number of hydrogen-bond donors (Lipinski definition) is 1. The van der Waals surface area contributed by atoms with Gasteiger partial charge in [0.1, 0.15) is 5.82 Å². The zero-order chi connectivity index (χ0) is 17.3. The number of rotatable bonds is 4. The monoisotopic (exact) mass is 338 g/mol. The molecule has 1 aromatic heterocycles. The van der Waals surface area contributed by atoms with Crippen molar-refractivity contribution in [3.05, 3.63) is 54.1 Å². The molecule has 5 nitrogen and oxygen atoms in total. The molecule has 2 saturated heterocycles. The molecule has 2 aliphatic rings. The van der Waals surface area contributed by atoms with Crippen LogP contribution in [0.2, 0.25) is 0 Å². The molecule has 0 aliphatic carbocycles. The lowest BCUT2D eigenvalue weighted by molar-refractivity contribution is -0.137. The van der Waals surface area contributed by atoms with Gasteiger partial charge in [-0.25, -0.2) is 4.98 Å². The summed E-state index contributed by atoms with van der Waals surface area (Å²) < 4.78 is 0. The summed E-state index contributed by atoms with van der Waals surface area (Å²) in [5.74, 6) is 1.36. The number of hydrogen-bond acceptors (Lipinski definition) is 3. The van der Waals surface area contributed by atoms with E-state index in [1.54, 1.807) is 6.20 Å². The molecule has 1 spiro atoms. The van der Waals surface area contributed by atoms with E-state index in [1.807, 2.05) is 24.2 Å². The van der Waals surface area contributed by atoms with Crippen molar-refractivity contribution in [2.24, 2.45) is 5.41 Å². The summed E-state index contributed by atoms with van der Waals surface area (Å²) in [6.45, 7) is 2.79. The predicted octanol–water partition coefficient (Wildman–Crippen LogP) is 2.47. The SMILES string of the molecule is CN1C(=O)C2(CCN(Cc3ncc[nH]3)CC2)C[C@H]1Cc1ccccc1. The first kappa shape index (κ1) is 16.3. The lowest BCUT2D eigenvalue weighted by atomic mass is 9.75. The molecule has 1 N–H and O–H groups in total. The van der Waals surface area contributed by atoms with Gasteiger partial charge in [-0.2, -0.15) is 0 Å². The minimum Gasteiger partial charge on any atom is -0.348 e. The first-order valence-electron chi connectivity index (χ1n) is 9.18. The predicted molar refractivity (Wildman–Crippen MR) is 96.9 cm³/mol. The van der Waals surface area contributed by atoms with Crippen molar-refractivity contribution in [1.82, 2.24) is 19.8 Å². The third kappa shape index (κ3) is 3.21. The van der Waals surface area contributed by atoms with Gasteiger partial charge in [0.05, 0.1) is 12.0 Å². The minimum atomic E-state index is -0.145. The number of benzene rings is 1. The van der Waals surface area contributed by atoms with Crippen molar-refractivity contribution in [2.45, 2.75) is 38.3 Å². The number of likely N-dealkylation sites (tertiary alicyclic amines) is 2. The molecule has 1 amide bonds. The molecule has 4 rings (SSSR count). The van der Waals surface area contributed by atoms with Crippen LogP contribution in [-0.2, 0) is 17.8 Å². The molecule has 0 bridgehead atoms. The van der Waals surface area contributed by atoms with E-state index < -0.39 is 0 Å². The van der Waals surface area contributed by atoms with Crippen molar-refractivity contribution < 1.29 is 4.79 Å². The molecule has 2 aliphatic heterocycles. The van der Waals surface area contributed by atoms with Crippen LogP contribution in [0.1, 0.15) is 30.7 Å². The number of imidazole rings is 1. The average Bonchev–Trinajstić information content (AvgIpc) is 3.22. The largest absolute Gasteiger partial charge is 0.348 e. The van der Waals surface area contributed by atoms with E-state index in [9.17, 15) is 4.79 Å². The second-order valence-electron chi connectivity index (χ2n) is 7.56. The second-order valence-corrected chi connectivity index (χ2v) is 7.56. The first-order chi connectivity index (χ1) is 12.2. The maximum atomic E-state index is 13.0. The van der Waals surface area contributed by atoms with Gasteiger partial charge in [-0.1, -0.05) is 30.3 Å². The van der Waals surface area contributed by atoms with Crippen LogP contribution in [0.25, 0.3) is 0 Å². The van der Waals surface area contributed by atoms with E-state index in [1.165, 1.54) is 5.56 Å². The summed E-state index contributed by atoms with van der Waals surface area (Å²) in [4.78, 5) is 24.9. The lowest BCUT2D eigenvalue weighted by Gasteiger charge is -2.37. The fourth-order valence-electron chi connectivity index (χ4n) is 4.46. The molecule has 0 saturated carbocycles. The van der Waals surface area contributed by atoms with E-state index in [4.69, 9.17) is 0 Å². The van der Waals surface area contributed by atoms with Gasteiger partial charge >= 0.3 is 0 Å². The number of piperidine rings is 1. The van der Waals surface area contributed by atoms with Crippen molar-refractivity contribution in [2.75, 3.05) is 20.1 Å². The topological polar surface area (TPSA) is 52.2 Å². The van der Waals surface area contributed by atoms with Gasteiger partial charge in [-0.3, -0.25) is 9.69 Å². The van der Waals surface area contributed by atoms with Crippen LogP contribution in [0.15, 0.2) is 42.7 Å². The Bertz CT molecular complexity index is 705. The second kappa shape index (κ2) is 6.64. The van der Waals surface area contributed by atoms with Crippen LogP contribution < -0.4 is 0 Å². The summed E-state index contributed by atoms with van der Waals surface area (Å²) in [5, 5.41) is 0. The maximum absolute atomic E-state index is 13.0. The minimum absolute atomic E-state index is 0.145. The Balaban J connectivity index is 1.40. The first-order valence-corrected chi connectivity index (χ1v) is 9.18. The summed E-state index contributed by atoms with van der Waals surface area (Å²) in [6.07, 6.45) is 7.53. The summed E-state index contributed by atoms with van der Waals surface area (Å²) in [5.41, 5.74) is 1.17. The number of carbonyl (C=O) groups excluding carboxylic acids is 1. The summed E-state index contributed by atoms with van der Waals surface area (Å²) in [7, 11) is 1.99. The molecule has 0 unspecified atom stereocenters. The Morgan fingerprint density at radius 2 is 2.00 bits per heavy atom. The van der Waals surface area contributed by atoms with Crippen LogP contribution >= 0.6 is 0 Å². The number of aromatic nitrogens is 2. The molecule has 2 aromatic rings. The molecule has 25 heavy (non-hydrogen) atoms. The lowest BCUT2D eigenvalue weighted by Crippen LogP contribution is -2.44. The number of likely N-dealkylation sites (N-methyl/N-ethyl adjacent to an activating group) is 1. The molecular weight excluding hydrogens is 312 g/mol. The molecule has 3 heterocycles. The standard InChI is InChI=1S/C20H26N4O/c1-23-17(13-16-5-3-2-4-6-16)14-20(19(23)25)7-11-24(12-8-20)15-18-21-9-10-22-18/h2-6,9-10,17H,7-8,11-15H2,1H3,(H,21,22)/t17-/m1/s1. The highest BCUT2D eigenvalue weighted by molar-refractivity contribution is 5.85. The van der Waals surface area contributed by atoms with Crippen LogP contribution in [0, 0.1) is 5.41 Å². The van der Waals surface area contributed by atoms with Gasteiger partial charge in [0, 0.05) is 25.5 Å². The highest BCUT2D eigenvalue weighted by Crippen LogP contribution is 2.44. The Labute approximate surface area is 149 Å². The Morgan fingerprint density at radius 3 is 2.68 bits per heavy atom. The van der Waals surface area contributed by atoms with E-state index in [-0.39, 0.29) is 5.41 Å². The number of carbonyl (C=O) groups is 1. The molecule has 1 atom stereocenters. The summed E-state index contributed by atoms with van der Waals surface area (Å²) in [6, 6.07) is 10.9. The zero-order valence-electron chi connectivity index (χ0n) is 14.8. The van der Waals surface area contributed by atoms with E-state index >= 15 is 0 Å². The number of nitrogens with one attached hydrogen (secondary N) is 1. The third-order valence-corrected chi connectivity index (χ3v) is 6.00. The maximum Gasteiger partial charge on any atom is 0.228 e. The van der Waals surface area contributed by atoms with Gasteiger partial charge in [0.2, 0.25) is 5.91 Å². The molecule has 0 radical (unpaired) electrons. The van der Waals surface area contributed by atoms with Crippen molar-refractivity contribution >= 4 is 5.91 Å². The quantitative estimate of drug-likeness (QED) is 0.932. The highest BCUT2D eigenvalue weighted by Gasteiger charge is 2.50. The Kier molecular flexibility index (Phi) is 4.34. The highest BCUT2D eigenvalue weighted by atomic mass is 16.2. The number of nitrogens with zero attached hydrogens (tertiary/aromatic N) is 3. The zero-order valence-corrected chi connectivity index (χ0v) is 14.8.